The topological polar surface area (TPSA) is 75.3 Å². The summed E-state index contributed by atoms with van der Waals surface area (Å²) in [5.41, 5.74) is 4.18. The van der Waals surface area contributed by atoms with E-state index in [4.69, 9.17) is 0 Å². The van der Waals surface area contributed by atoms with Crippen LogP contribution in [-0.4, -0.2) is 20.9 Å². The third-order valence-electron chi connectivity index (χ3n) is 3.82. The van der Waals surface area contributed by atoms with E-state index in [-0.39, 0.29) is 23.8 Å². The number of rotatable bonds is 6. The van der Waals surface area contributed by atoms with Crippen LogP contribution in [0, 0.1) is 27.7 Å². The molecule has 0 spiro atoms. The Balaban J connectivity index is 1.98. The highest BCUT2D eigenvalue weighted by atomic mass is 32.2. The average molecular weight is 360 g/mol. The SMILES string of the molecule is Cc1cccc(NC(=O)CCNS(=O)(=O)c2c(C)cc(C)cc2C)c1. The largest absolute Gasteiger partial charge is 0.326 e. The van der Waals surface area contributed by atoms with Gasteiger partial charge in [0.1, 0.15) is 0 Å². The molecular weight excluding hydrogens is 336 g/mol. The van der Waals surface area contributed by atoms with Gasteiger partial charge in [-0.25, -0.2) is 13.1 Å². The summed E-state index contributed by atoms with van der Waals surface area (Å²) in [6, 6.07) is 11.1. The molecule has 2 aromatic carbocycles. The van der Waals surface area contributed by atoms with Gasteiger partial charge in [0, 0.05) is 18.7 Å². The van der Waals surface area contributed by atoms with Crippen LogP contribution in [0.5, 0.6) is 0 Å². The van der Waals surface area contributed by atoms with Crippen molar-refractivity contribution in [3.8, 4) is 0 Å². The van der Waals surface area contributed by atoms with Crippen molar-refractivity contribution < 1.29 is 13.2 Å². The molecule has 0 saturated carbocycles. The van der Waals surface area contributed by atoms with Gasteiger partial charge in [0.25, 0.3) is 0 Å². The number of aryl methyl sites for hydroxylation is 4. The average Bonchev–Trinajstić information content (AvgIpc) is 2.45. The Labute approximate surface area is 149 Å². The molecule has 0 aliphatic rings. The summed E-state index contributed by atoms with van der Waals surface area (Å²) in [4.78, 5) is 12.3. The number of carbonyl (C=O) groups is 1. The Morgan fingerprint density at radius 3 is 2.20 bits per heavy atom. The molecule has 1 amide bonds. The molecular formula is C19H24N2O3S. The summed E-state index contributed by atoms with van der Waals surface area (Å²) in [7, 11) is -3.64. The van der Waals surface area contributed by atoms with Gasteiger partial charge in [-0.05, 0) is 56.5 Å². The van der Waals surface area contributed by atoms with E-state index in [0.717, 1.165) is 11.1 Å². The Kier molecular flexibility index (Phi) is 5.98. The molecule has 0 aromatic heterocycles. The molecule has 2 N–H and O–H groups in total. The minimum atomic E-state index is -3.64. The Morgan fingerprint density at radius 2 is 1.60 bits per heavy atom. The van der Waals surface area contributed by atoms with Crippen molar-refractivity contribution in [2.75, 3.05) is 11.9 Å². The zero-order chi connectivity index (χ0) is 18.6. The van der Waals surface area contributed by atoms with Crippen LogP contribution in [0.3, 0.4) is 0 Å². The third kappa shape index (κ3) is 5.14. The van der Waals surface area contributed by atoms with Crippen LogP contribution in [0.25, 0.3) is 0 Å². The van der Waals surface area contributed by atoms with Crippen molar-refractivity contribution in [2.24, 2.45) is 0 Å². The lowest BCUT2D eigenvalue weighted by Crippen LogP contribution is -2.29. The molecule has 5 nitrogen and oxygen atoms in total. The van der Waals surface area contributed by atoms with Crippen LogP contribution in [0.4, 0.5) is 5.69 Å². The first-order valence-corrected chi connectivity index (χ1v) is 9.61. The van der Waals surface area contributed by atoms with E-state index < -0.39 is 10.0 Å². The number of benzene rings is 2. The summed E-state index contributed by atoms with van der Waals surface area (Å²) in [6.07, 6.45) is 0.0666. The third-order valence-corrected chi connectivity index (χ3v) is 5.58. The van der Waals surface area contributed by atoms with Crippen LogP contribution in [0.15, 0.2) is 41.3 Å². The Morgan fingerprint density at radius 1 is 0.960 bits per heavy atom. The zero-order valence-corrected chi connectivity index (χ0v) is 15.8. The monoisotopic (exact) mass is 360 g/mol. The lowest BCUT2D eigenvalue weighted by Gasteiger charge is -2.13. The summed E-state index contributed by atoms with van der Waals surface area (Å²) in [5.74, 6) is -0.231. The van der Waals surface area contributed by atoms with Crippen LogP contribution < -0.4 is 10.0 Å². The molecule has 0 radical (unpaired) electrons. The fourth-order valence-electron chi connectivity index (χ4n) is 2.91. The van der Waals surface area contributed by atoms with E-state index in [0.29, 0.717) is 16.8 Å². The van der Waals surface area contributed by atoms with Crippen molar-refractivity contribution >= 4 is 21.6 Å². The molecule has 0 fully saturated rings. The lowest BCUT2D eigenvalue weighted by molar-refractivity contribution is -0.116. The van der Waals surface area contributed by atoms with Crippen molar-refractivity contribution in [2.45, 2.75) is 39.0 Å². The highest BCUT2D eigenvalue weighted by Crippen LogP contribution is 2.21. The molecule has 134 valence electrons. The predicted octanol–water partition coefficient (Wildman–Crippen LogP) is 3.23. The van der Waals surface area contributed by atoms with Crippen LogP contribution in [-0.2, 0) is 14.8 Å². The number of nitrogens with one attached hydrogen (secondary N) is 2. The van der Waals surface area contributed by atoms with E-state index in [1.54, 1.807) is 19.9 Å². The second-order valence-corrected chi connectivity index (χ2v) is 8.00. The molecule has 2 rings (SSSR count). The standard InChI is InChI=1S/C19H24N2O3S/c1-13-6-5-7-17(12-13)21-18(22)8-9-20-25(23,24)19-15(3)10-14(2)11-16(19)4/h5-7,10-12,20H,8-9H2,1-4H3,(H,21,22). The van der Waals surface area contributed by atoms with Crippen LogP contribution >= 0.6 is 0 Å². The zero-order valence-electron chi connectivity index (χ0n) is 15.0. The minimum absolute atomic E-state index is 0.0484. The summed E-state index contributed by atoms with van der Waals surface area (Å²) >= 11 is 0. The normalized spacial score (nSPS) is 11.4. The first-order valence-electron chi connectivity index (χ1n) is 8.13. The maximum absolute atomic E-state index is 12.5. The smallest absolute Gasteiger partial charge is 0.241 e. The second kappa shape index (κ2) is 7.80. The van der Waals surface area contributed by atoms with Crippen LogP contribution in [0.2, 0.25) is 0 Å². The number of sulfonamides is 1. The summed E-state index contributed by atoms with van der Waals surface area (Å²) in [6.45, 7) is 7.47. The quantitative estimate of drug-likeness (QED) is 0.830. The molecule has 2 aromatic rings. The molecule has 0 heterocycles. The van der Waals surface area contributed by atoms with Gasteiger partial charge < -0.3 is 5.32 Å². The summed E-state index contributed by atoms with van der Waals surface area (Å²) < 4.78 is 27.6. The fourth-order valence-corrected chi connectivity index (χ4v) is 4.39. The number of anilines is 1. The van der Waals surface area contributed by atoms with Crippen molar-refractivity contribution in [1.82, 2.24) is 4.72 Å². The number of hydrogen-bond donors (Lipinski definition) is 2. The maximum atomic E-state index is 12.5. The Hall–Kier alpha value is -2.18. The second-order valence-electron chi connectivity index (χ2n) is 6.29. The number of carbonyl (C=O) groups excluding carboxylic acids is 1. The van der Waals surface area contributed by atoms with Crippen molar-refractivity contribution in [3.63, 3.8) is 0 Å². The number of hydrogen-bond acceptors (Lipinski definition) is 3. The van der Waals surface area contributed by atoms with Gasteiger partial charge in [0.15, 0.2) is 0 Å². The first kappa shape index (κ1) is 19.1. The van der Waals surface area contributed by atoms with Gasteiger partial charge in [-0.1, -0.05) is 29.8 Å². The fraction of sp³-hybridized carbons (Fsp3) is 0.316. The van der Waals surface area contributed by atoms with E-state index in [9.17, 15) is 13.2 Å². The van der Waals surface area contributed by atoms with Gasteiger partial charge in [-0.3, -0.25) is 4.79 Å². The highest BCUT2D eigenvalue weighted by Gasteiger charge is 2.19. The van der Waals surface area contributed by atoms with Gasteiger partial charge >= 0.3 is 0 Å². The number of amides is 1. The van der Waals surface area contributed by atoms with Gasteiger partial charge in [-0.15, -0.1) is 0 Å². The Bertz CT molecular complexity index is 866. The minimum Gasteiger partial charge on any atom is -0.326 e. The van der Waals surface area contributed by atoms with Gasteiger partial charge in [-0.2, -0.15) is 0 Å². The molecule has 0 bridgehead atoms. The molecule has 0 aliphatic carbocycles. The highest BCUT2D eigenvalue weighted by molar-refractivity contribution is 7.89. The molecule has 0 atom stereocenters. The molecule has 6 heteroatoms. The summed E-state index contributed by atoms with van der Waals surface area (Å²) in [5, 5.41) is 2.77. The van der Waals surface area contributed by atoms with E-state index >= 15 is 0 Å². The van der Waals surface area contributed by atoms with E-state index in [2.05, 4.69) is 10.0 Å². The van der Waals surface area contributed by atoms with E-state index in [1.165, 1.54) is 0 Å². The lowest BCUT2D eigenvalue weighted by atomic mass is 10.1. The predicted molar refractivity (Wildman–Crippen MR) is 100 cm³/mol. The molecule has 0 aliphatic heterocycles. The molecule has 0 saturated heterocycles. The molecule has 0 unspecified atom stereocenters. The van der Waals surface area contributed by atoms with Crippen LogP contribution in [0.1, 0.15) is 28.7 Å². The van der Waals surface area contributed by atoms with Crippen molar-refractivity contribution in [1.29, 1.82) is 0 Å². The van der Waals surface area contributed by atoms with Gasteiger partial charge in [0.05, 0.1) is 4.90 Å². The maximum Gasteiger partial charge on any atom is 0.241 e. The van der Waals surface area contributed by atoms with E-state index in [1.807, 2.05) is 44.2 Å². The first-order chi connectivity index (χ1) is 11.7. The molecule has 25 heavy (non-hydrogen) atoms. The van der Waals surface area contributed by atoms with Crippen molar-refractivity contribution in [3.05, 3.63) is 58.7 Å². The van der Waals surface area contributed by atoms with Gasteiger partial charge in [0.2, 0.25) is 15.9 Å².